The van der Waals surface area contributed by atoms with Crippen LogP contribution >= 0.6 is 11.8 Å². The third kappa shape index (κ3) is 3.55. The maximum Gasteiger partial charge on any atom is 0.256 e. The second-order valence-corrected chi connectivity index (χ2v) is 6.72. The Morgan fingerprint density at radius 3 is 3.10 bits per heavy atom. The summed E-state index contributed by atoms with van der Waals surface area (Å²) in [7, 11) is 0. The van der Waals surface area contributed by atoms with Crippen molar-refractivity contribution in [3.05, 3.63) is 12.0 Å². The van der Waals surface area contributed by atoms with Crippen LogP contribution in [0, 0.1) is 6.92 Å². The number of aryl methyl sites for hydroxylation is 1. The van der Waals surface area contributed by atoms with Crippen LogP contribution in [-0.4, -0.2) is 28.2 Å². The third-order valence-corrected chi connectivity index (χ3v) is 4.88. The SMILES string of the molecule is CCCNC1(C(N)=O)CCCC(Sc2nc(C)co2)C1. The number of primary amides is 1. The van der Waals surface area contributed by atoms with Crippen molar-refractivity contribution in [2.75, 3.05) is 6.54 Å². The Morgan fingerprint density at radius 2 is 2.50 bits per heavy atom. The molecule has 0 radical (unpaired) electrons. The molecule has 1 fully saturated rings. The van der Waals surface area contributed by atoms with Crippen LogP contribution in [0.5, 0.6) is 0 Å². The van der Waals surface area contributed by atoms with Crippen LogP contribution < -0.4 is 11.1 Å². The highest BCUT2D eigenvalue weighted by Crippen LogP contribution is 2.38. The second kappa shape index (κ2) is 6.63. The number of carbonyl (C=O) groups is 1. The maximum absolute atomic E-state index is 11.9. The smallest absolute Gasteiger partial charge is 0.256 e. The molecular formula is C14H23N3O2S. The number of nitrogens with zero attached hydrogens (tertiary/aromatic N) is 1. The molecule has 112 valence electrons. The molecule has 2 unspecified atom stereocenters. The van der Waals surface area contributed by atoms with Gasteiger partial charge in [-0.2, -0.15) is 0 Å². The van der Waals surface area contributed by atoms with Crippen molar-refractivity contribution in [2.45, 2.75) is 62.0 Å². The highest BCUT2D eigenvalue weighted by atomic mass is 32.2. The average Bonchev–Trinajstić information content (AvgIpc) is 2.82. The minimum atomic E-state index is -0.562. The van der Waals surface area contributed by atoms with Crippen molar-refractivity contribution in [3.8, 4) is 0 Å². The van der Waals surface area contributed by atoms with Crippen LogP contribution in [0.4, 0.5) is 0 Å². The molecule has 2 rings (SSSR count). The van der Waals surface area contributed by atoms with Crippen LogP contribution in [-0.2, 0) is 4.79 Å². The molecule has 1 saturated carbocycles. The average molecular weight is 297 g/mol. The minimum absolute atomic E-state index is 0.236. The summed E-state index contributed by atoms with van der Waals surface area (Å²) in [6.45, 7) is 4.82. The minimum Gasteiger partial charge on any atom is -0.440 e. The summed E-state index contributed by atoms with van der Waals surface area (Å²) in [4.78, 5) is 16.2. The van der Waals surface area contributed by atoms with Gasteiger partial charge in [0.2, 0.25) is 5.91 Å². The quantitative estimate of drug-likeness (QED) is 0.841. The molecule has 1 aliphatic rings. The maximum atomic E-state index is 11.9. The molecule has 3 N–H and O–H groups in total. The topological polar surface area (TPSA) is 81.1 Å². The second-order valence-electron chi connectivity index (χ2n) is 5.46. The van der Waals surface area contributed by atoms with Crippen LogP contribution in [0.3, 0.4) is 0 Å². The molecule has 6 heteroatoms. The van der Waals surface area contributed by atoms with Crippen LogP contribution in [0.25, 0.3) is 0 Å². The van der Waals surface area contributed by atoms with Crippen LogP contribution in [0.1, 0.15) is 44.7 Å². The Hall–Kier alpha value is -1.01. The van der Waals surface area contributed by atoms with E-state index in [9.17, 15) is 4.79 Å². The normalized spacial score (nSPS) is 26.6. The first-order valence-electron chi connectivity index (χ1n) is 7.19. The van der Waals surface area contributed by atoms with E-state index in [1.807, 2.05) is 6.92 Å². The van der Waals surface area contributed by atoms with Gasteiger partial charge in [0, 0.05) is 5.25 Å². The van der Waals surface area contributed by atoms with Gasteiger partial charge in [-0.3, -0.25) is 4.79 Å². The molecule has 1 aliphatic carbocycles. The summed E-state index contributed by atoms with van der Waals surface area (Å²) in [6, 6.07) is 0. The zero-order chi connectivity index (χ0) is 14.6. The fourth-order valence-corrected chi connectivity index (χ4v) is 3.93. The van der Waals surface area contributed by atoms with E-state index in [0.29, 0.717) is 10.5 Å². The van der Waals surface area contributed by atoms with E-state index in [2.05, 4.69) is 17.2 Å². The van der Waals surface area contributed by atoms with Gasteiger partial charge in [-0.1, -0.05) is 18.7 Å². The lowest BCUT2D eigenvalue weighted by Crippen LogP contribution is -2.58. The van der Waals surface area contributed by atoms with Crippen molar-refractivity contribution >= 4 is 17.7 Å². The Morgan fingerprint density at radius 1 is 1.70 bits per heavy atom. The van der Waals surface area contributed by atoms with Crippen molar-refractivity contribution in [3.63, 3.8) is 0 Å². The molecule has 5 nitrogen and oxygen atoms in total. The van der Waals surface area contributed by atoms with Gasteiger partial charge in [-0.15, -0.1) is 0 Å². The van der Waals surface area contributed by atoms with Gasteiger partial charge >= 0.3 is 0 Å². The van der Waals surface area contributed by atoms with Gasteiger partial charge in [0.05, 0.1) is 11.2 Å². The first-order valence-corrected chi connectivity index (χ1v) is 8.07. The Balaban J connectivity index is 2.03. The van der Waals surface area contributed by atoms with Gasteiger partial charge in [-0.05, 0) is 45.6 Å². The van der Waals surface area contributed by atoms with Crippen LogP contribution in [0.15, 0.2) is 15.9 Å². The van der Waals surface area contributed by atoms with Crippen molar-refractivity contribution in [1.29, 1.82) is 0 Å². The number of amides is 1. The molecule has 0 aliphatic heterocycles. The van der Waals surface area contributed by atoms with E-state index in [1.54, 1.807) is 18.0 Å². The van der Waals surface area contributed by atoms with Crippen molar-refractivity contribution in [2.24, 2.45) is 5.73 Å². The van der Waals surface area contributed by atoms with Gasteiger partial charge in [0.1, 0.15) is 6.26 Å². The van der Waals surface area contributed by atoms with Gasteiger partial charge in [-0.25, -0.2) is 4.98 Å². The number of hydrogen-bond donors (Lipinski definition) is 2. The summed E-state index contributed by atoms with van der Waals surface area (Å²) < 4.78 is 5.39. The predicted octanol–water partition coefficient (Wildman–Crippen LogP) is 2.24. The highest BCUT2D eigenvalue weighted by Gasteiger charge is 2.41. The number of nitrogens with one attached hydrogen (secondary N) is 1. The molecule has 20 heavy (non-hydrogen) atoms. The van der Waals surface area contributed by atoms with E-state index in [4.69, 9.17) is 10.2 Å². The molecule has 0 bridgehead atoms. The molecule has 2 atom stereocenters. The lowest BCUT2D eigenvalue weighted by Gasteiger charge is -2.38. The first kappa shape index (κ1) is 15.4. The molecule has 0 spiro atoms. The number of carbonyl (C=O) groups excluding carboxylic acids is 1. The largest absolute Gasteiger partial charge is 0.440 e. The number of thioether (sulfide) groups is 1. The lowest BCUT2D eigenvalue weighted by atomic mass is 9.80. The summed E-state index contributed by atoms with van der Waals surface area (Å²) in [5.41, 5.74) is 5.97. The number of oxazole rings is 1. The number of hydrogen-bond acceptors (Lipinski definition) is 5. The van der Waals surface area contributed by atoms with Gasteiger partial charge in [0.15, 0.2) is 0 Å². The summed E-state index contributed by atoms with van der Waals surface area (Å²) in [6.07, 6.45) is 6.28. The molecule has 0 aromatic carbocycles. The van der Waals surface area contributed by atoms with Gasteiger partial charge < -0.3 is 15.5 Å². The first-order chi connectivity index (χ1) is 9.55. The Labute approximate surface area is 124 Å². The van der Waals surface area contributed by atoms with E-state index in [-0.39, 0.29) is 5.91 Å². The van der Waals surface area contributed by atoms with Crippen molar-refractivity contribution < 1.29 is 9.21 Å². The number of nitrogens with two attached hydrogens (primary N) is 1. The molecule has 1 aromatic rings. The standard InChI is InChI=1S/C14H23N3O2S/c1-3-7-16-14(12(15)18)6-4-5-11(8-14)20-13-17-10(2)9-19-13/h9,11,16H,3-8H2,1-2H3,(H2,15,18). The molecule has 1 amide bonds. The molecule has 0 saturated heterocycles. The van der Waals surface area contributed by atoms with E-state index < -0.39 is 5.54 Å². The third-order valence-electron chi connectivity index (χ3n) is 3.76. The van der Waals surface area contributed by atoms with E-state index in [1.165, 1.54) is 0 Å². The Bertz CT molecular complexity index is 463. The zero-order valence-corrected chi connectivity index (χ0v) is 13.0. The fraction of sp³-hybridized carbons (Fsp3) is 0.714. The van der Waals surface area contributed by atoms with Gasteiger partial charge in [0.25, 0.3) is 5.22 Å². The molecule has 1 aromatic heterocycles. The van der Waals surface area contributed by atoms with E-state index in [0.717, 1.165) is 44.3 Å². The zero-order valence-electron chi connectivity index (χ0n) is 12.1. The summed E-state index contributed by atoms with van der Waals surface area (Å²) in [5, 5.41) is 4.37. The fourth-order valence-electron chi connectivity index (χ4n) is 2.69. The monoisotopic (exact) mass is 297 g/mol. The number of rotatable bonds is 6. The lowest BCUT2D eigenvalue weighted by molar-refractivity contribution is -0.125. The molecular weight excluding hydrogens is 274 g/mol. The van der Waals surface area contributed by atoms with Crippen molar-refractivity contribution in [1.82, 2.24) is 10.3 Å². The molecule has 1 heterocycles. The Kier molecular flexibility index (Phi) is 5.10. The summed E-state index contributed by atoms with van der Waals surface area (Å²) in [5.74, 6) is -0.236. The predicted molar refractivity (Wildman–Crippen MR) is 79.6 cm³/mol. The van der Waals surface area contributed by atoms with Crippen LogP contribution in [0.2, 0.25) is 0 Å². The van der Waals surface area contributed by atoms with E-state index >= 15 is 0 Å². The highest BCUT2D eigenvalue weighted by molar-refractivity contribution is 7.99. The number of aromatic nitrogens is 1. The summed E-state index contributed by atoms with van der Waals surface area (Å²) >= 11 is 1.61.